The van der Waals surface area contributed by atoms with Gasteiger partial charge >= 0.3 is 12.1 Å². The van der Waals surface area contributed by atoms with Crippen LogP contribution in [0, 0.1) is 11.3 Å². The molecule has 2 aromatic rings. The molecule has 1 aliphatic heterocycles. The molecular formula is C25H24F2N2O5. The fourth-order valence-electron chi connectivity index (χ4n) is 5.04. The van der Waals surface area contributed by atoms with Crippen molar-refractivity contribution < 1.29 is 33.0 Å². The summed E-state index contributed by atoms with van der Waals surface area (Å²) in [5, 5.41) is 11.6. The van der Waals surface area contributed by atoms with E-state index in [0.717, 1.165) is 27.2 Å². The Kier molecular flexibility index (Phi) is 5.30. The van der Waals surface area contributed by atoms with E-state index in [0.29, 0.717) is 12.8 Å². The number of carboxylic acid groups (broad SMARTS) is 1. The van der Waals surface area contributed by atoms with Gasteiger partial charge in [-0.3, -0.25) is 9.59 Å². The Morgan fingerprint density at radius 3 is 2.15 bits per heavy atom. The molecular weight excluding hydrogens is 446 g/mol. The molecule has 1 saturated heterocycles. The molecule has 7 nitrogen and oxygen atoms in total. The van der Waals surface area contributed by atoms with Gasteiger partial charge < -0.3 is 20.1 Å². The van der Waals surface area contributed by atoms with Gasteiger partial charge in [-0.1, -0.05) is 48.5 Å². The van der Waals surface area contributed by atoms with E-state index in [2.05, 4.69) is 5.32 Å². The number of ether oxygens (including phenoxy) is 1. The predicted molar refractivity (Wildman–Crippen MR) is 117 cm³/mol. The third-order valence-electron chi connectivity index (χ3n) is 7.12. The molecule has 0 radical (unpaired) electrons. The first-order valence-corrected chi connectivity index (χ1v) is 11.2. The zero-order valence-electron chi connectivity index (χ0n) is 18.3. The second kappa shape index (κ2) is 8.07. The molecule has 0 spiro atoms. The highest BCUT2D eigenvalue weighted by molar-refractivity contribution is 5.87. The minimum atomic E-state index is -3.47. The molecule has 3 aliphatic rings. The lowest BCUT2D eigenvalue weighted by atomic mass is 9.98. The van der Waals surface area contributed by atoms with Crippen molar-refractivity contribution in [3.63, 3.8) is 0 Å². The zero-order valence-corrected chi connectivity index (χ0v) is 18.3. The van der Waals surface area contributed by atoms with Crippen molar-refractivity contribution >= 4 is 18.0 Å². The number of rotatable bonds is 6. The number of hydrogen-bond donors (Lipinski definition) is 2. The van der Waals surface area contributed by atoms with Gasteiger partial charge in [0, 0.05) is 19.0 Å². The number of alkyl carbamates (subject to hydrolysis) is 1. The lowest BCUT2D eigenvalue weighted by Gasteiger charge is -2.23. The number of alkyl halides is 2. The number of carbonyl (C=O) groups is 3. The van der Waals surface area contributed by atoms with Crippen LogP contribution in [0.25, 0.3) is 11.1 Å². The first-order chi connectivity index (χ1) is 16.2. The van der Waals surface area contributed by atoms with Gasteiger partial charge in [-0.2, -0.15) is 0 Å². The Hall–Kier alpha value is -3.49. The molecule has 178 valence electrons. The number of nitrogens with zero attached hydrogens (tertiary/aromatic N) is 1. The third kappa shape index (κ3) is 3.78. The number of fused-ring (bicyclic) bond motifs is 3. The number of aliphatic carboxylic acids is 1. The summed E-state index contributed by atoms with van der Waals surface area (Å²) in [7, 11) is 0. The molecule has 1 atom stereocenters. The molecule has 9 heteroatoms. The second-order valence-electron chi connectivity index (χ2n) is 9.30. The summed E-state index contributed by atoms with van der Waals surface area (Å²) in [6.45, 7) is -1.37. The molecule has 2 N–H and O–H groups in total. The molecule has 2 aromatic carbocycles. The third-order valence-corrected chi connectivity index (χ3v) is 7.12. The highest BCUT2D eigenvalue weighted by atomic mass is 19.3. The molecule has 2 amide bonds. The fraction of sp³-hybridized carbons (Fsp3) is 0.400. The van der Waals surface area contributed by atoms with Crippen LogP contribution in [0.2, 0.25) is 0 Å². The first-order valence-electron chi connectivity index (χ1n) is 11.2. The quantitative estimate of drug-likeness (QED) is 0.674. The average molecular weight is 470 g/mol. The lowest BCUT2D eigenvalue weighted by molar-refractivity contribution is -0.151. The Morgan fingerprint density at radius 2 is 1.62 bits per heavy atom. The maximum Gasteiger partial charge on any atom is 0.407 e. The van der Waals surface area contributed by atoms with Crippen LogP contribution in [0.3, 0.4) is 0 Å². The fourth-order valence-corrected chi connectivity index (χ4v) is 5.04. The normalized spacial score (nSPS) is 21.5. The Morgan fingerprint density at radius 1 is 1.03 bits per heavy atom. The molecule has 34 heavy (non-hydrogen) atoms. The van der Waals surface area contributed by atoms with Crippen molar-refractivity contribution in [3.8, 4) is 11.1 Å². The van der Waals surface area contributed by atoms with Crippen molar-refractivity contribution in [1.29, 1.82) is 0 Å². The average Bonchev–Trinajstić information content (AvgIpc) is 3.45. The molecule has 1 saturated carbocycles. The number of nitrogens with one attached hydrogen (secondary N) is 1. The lowest BCUT2D eigenvalue weighted by Crippen LogP contribution is -2.43. The molecule has 0 aromatic heterocycles. The number of carbonyl (C=O) groups excluding carboxylic acids is 2. The van der Waals surface area contributed by atoms with Gasteiger partial charge in [0.05, 0.1) is 12.0 Å². The van der Waals surface area contributed by atoms with Crippen molar-refractivity contribution in [2.45, 2.75) is 24.7 Å². The van der Waals surface area contributed by atoms with E-state index in [1.807, 2.05) is 48.5 Å². The predicted octanol–water partition coefficient (Wildman–Crippen LogP) is 3.48. The largest absolute Gasteiger partial charge is 0.481 e. The molecule has 1 heterocycles. The standard InChI is InChI=1S/C25H24F2N2O5/c26-25(27)14-29(11-20(25)21(30)31)22(32)24(9-10-24)13-28-23(33)34-12-19-17-7-3-1-5-15(17)16-6-2-4-8-18(16)19/h1-8,19-20H,9-14H2,(H,28,33)(H,30,31). The van der Waals surface area contributed by atoms with E-state index in [1.165, 1.54) is 0 Å². The summed E-state index contributed by atoms with van der Waals surface area (Å²) in [6.07, 6.45) is 0.195. The van der Waals surface area contributed by atoms with Gasteiger partial charge in [-0.05, 0) is 35.1 Å². The smallest absolute Gasteiger partial charge is 0.407 e. The highest BCUT2D eigenvalue weighted by Crippen LogP contribution is 2.49. The number of likely N-dealkylation sites (tertiary alicyclic amines) is 1. The van der Waals surface area contributed by atoms with Gasteiger partial charge in [-0.25, -0.2) is 13.6 Å². The van der Waals surface area contributed by atoms with Crippen LogP contribution in [0.4, 0.5) is 13.6 Å². The van der Waals surface area contributed by atoms with Crippen LogP contribution in [0.15, 0.2) is 48.5 Å². The highest BCUT2D eigenvalue weighted by Gasteiger charge is 2.59. The van der Waals surface area contributed by atoms with Crippen molar-refractivity contribution in [2.24, 2.45) is 11.3 Å². The van der Waals surface area contributed by atoms with Crippen LogP contribution < -0.4 is 5.32 Å². The van der Waals surface area contributed by atoms with Gasteiger partial charge in [-0.15, -0.1) is 0 Å². The van der Waals surface area contributed by atoms with E-state index >= 15 is 0 Å². The molecule has 1 unspecified atom stereocenters. The van der Waals surface area contributed by atoms with Crippen LogP contribution in [-0.4, -0.2) is 60.1 Å². The van der Waals surface area contributed by atoms with E-state index < -0.39 is 48.3 Å². The number of benzene rings is 2. The number of halogens is 2. The molecule has 2 aliphatic carbocycles. The number of amides is 2. The topological polar surface area (TPSA) is 95.9 Å². The van der Waals surface area contributed by atoms with E-state index in [9.17, 15) is 23.2 Å². The second-order valence-corrected chi connectivity index (χ2v) is 9.30. The van der Waals surface area contributed by atoms with E-state index in [-0.39, 0.29) is 19.1 Å². The van der Waals surface area contributed by atoms with Crippen molar-refractivity contribution in [1.82, 2.24) is 10.2 Å². The minimum Gasteiger partial charge on any atom is -0.481 e. The number of hydrogen-bond acceptors (Lipinski definition) is 4. The Balaban J connectivity index is 1.18. The van der Waals surface area contributed by atoms with Crippen LogP contribution in [-0.2, 0) is 14.3 Å². The Bertz CT molecular complexity index is 1120. The van der Waals surface area contributed by atoms with Crippen LogP contribution in [0.5, 0.6) is 0 Å². The SMILES string of the molecule is O=C(NCC1(C(=O)N2CC(C(=O)O)C(F)(F)C2)CC1)OCC1c2ccccc2-c2ccccc21. The summed E-state index contributed by atoms with van der Waals surface area (Å²) in [6, 6.07) is 15.9. The van der Waals surface area contributed by atoms with Gasteiger partial charge in [0.1, 0.15) is 12.5 Å². The monoisotopic (exact) mass is 470 g/mol. The van der Waals surface area contributed by atoms with Crippen molar-refractivity contribution in [2.75, 3.05) is 26.2 Å². The summed E-state index contributed by atoms with van der Waals surface area (Å²) in [5.41, 5.74) is 3.39. The maximum atomic E-state index is 14.0. The molecule has 2 fully saturated rings. The Labute approximate surface area is 194 Å². The molecule has 5 rings (SSSR count). The van der Waals surface area contributed by atoms with E-state index in [4.69, 9.17) is 9.84 Å². The summed E-state index contributed by atoms with van der Waals surface area (Å²) in [5.74, 6) is -7.66. The van der Waals surface area contributed by atoms with Crippen LogP contribution >= 0.6 is 0 Å². The van der Waals surface area contributed by atoms with Gasteiger partial charge in [0.25, 0.3) is 5.92 Å². The summed E-state index contributed by atoms with van der Waals surface area (Å²) in [4.78, 5) is 37.3. The zero-order chi connectivity index (χ0) is 24.1. The van der Waals surface area contributed by atoms with Crippen molar-refractivity contribution in [3.05, 3.63) is 59.7 Å². The maximum absolute atomic E-state index is 14.0. The number of carboxylic acids is 1. The minimum absolute atomic E-state index is 0.0394. The summed E-state index contributed by atoms with van der Waals surface area (Å²) >= 11 is 0. The van der Waals surface area contributed by atoms with E-state index in [1.54, 1.807) is 0 Å². The summed E-state index contributed by atoms with van der Waals surface area (Å²) < 4.78 is 33.5. The first kappa shape index (κ1) is 22.3. The molecule has 0 bridgehead atoms. The van der Waals surface area contributed by atoms with Crippen LogP contribution in [0.1, 0.15) is 29.9 Å². The van der Waals surface area contributed by atoms with Gasteiger partial charge in [0.2, 0.25) is 5.91 Å². The van der Waals surface area contributed by atoms with Gasteiger partial charge in [0.15, 0.2) is 0 Å².